The zero-order valence-corrected chi connectivity index (χ0v) is 7.26. The minimum atomic E-state index is -2.01. The third-order valence-electron chi connectivity index (χ3n) is 2.29. The lowest BCUT2D eigenvalue weighted by atomic mass is 9.66. The Kier molecular flexibility index (Phi) is 3.84. The van der Waals surface area contributed by atoms with Gasteiger partial charge in [-0.3, -0.25) is 0 Å². The van der Waals surface area contributed by atoms with Gasteiger partial charge in [-0.15, -0.1) is 0 Å². The molecule has 1 aliphatic heterocycles. The third kappa shape index (κ3) is 2.06. The van der Waals surface area contributed by atoms with E-state index in [9.17, 15) is 15.3 Å². The van der Waals surface area contributed by atoms with Crippen molar-refractivity contribution >= 4 is 7.12 Å². The van der Waals surface area contributed by atoms with Crippen molar-refractivity contribution < 1.29 is 35.2 Å². The predicted molar refractivity (Wildman–Crippen MR) is 43.9 cm³/mol. The van der Waals surface area contributed by atoms with E-state index in [-0.39, 0.29) is 0 Å². The number of aliphatic hydroxyl groups excluding tert-OH is 4. The molecule has 0 amide bonds. The SMILES string of the molecule is OCC1O[C@H](O)C(B(O)O)[C@@H](O)[C@@H]1O. The second kappa shape index (κ2) is 4.54. The Hall–Kier alpha value is -0.215. The van der Waals surface area contributed by atoms with Crippen molar-refractivity contribution in [2.75, 3.05) is 6.61 Å². The maximum Gasteiger partial charge on any atom is 0.462 e. The Bertz CT molecular complexity index is 189. The van der Waals surface area contributed by atoms with Gasteiger partial charge in [0.05, 0.1) is 18.5 Å². The van der Waals surface area contributed by atoms with Crippen LogP contribution < -0.4 is 0 Å². The van der Waals surface area contributed by atoms with Crippen molar-refractivity contribution in [2.24, 2.45) is 0 Å². The van der Waals surface area contributed by atoms with Crippen LogP contribution in [0, 0.1) is 0 Å². The molecule has 0 aromatic heterocycles. The first-order valence-corrected chi connectivity index (χ1v) is 4.15. The van der Waals surface area contributed by atoms with Crippen LogP contribution in [0.15, 0.2) is 0 Å². The van der Waals surface area contributed by atoms with Crippen LogP contribution in [0.2, 0.25) is 5.82 Å². The average Bonchev–Trinajstić information content (AvgIpc) is 2.10. The molecule has 0 saturated carbocycles. The summed E-state index contributed by atoms with van der Waals surface area (Å²) in [6.45, 7) is -0.580. The van der Waals surface area contributed by atoms with Crippen molar-refractivity contribution in [3.8, 4) is 0 Å². The molecule has 0 spiro atoms. The topological polar surface area (TPSA) is 131 Å². The fourth-order valence-corrected chi connectivity index (χ4v) is 1.44. The minimum Gasteiger partial charge on any atom is -0.427 e. The molecule has 5 atom stereocenters. The van der Waals surface area contributed by atoms with Gasteiger partial charge in [0.2, 0.25) is 0 Å². The first-order valence-electron chi connectivity index (χ1n) is 4.15. The Labute approximate surface area is 80.3 Å². The second-order valence-electron chi connectivity index (χ2n) is 3.22. The van der Waals surface area contributed by atoms with Gasteiger partial charge in [-0.2, -0.15) is 0 Å². The highest BCUT2D eigenvalue weighted by Gasteiger charge is 2.48. The van der Waals surface area contributed by atoms with E-state index in [4.69, 9.17) is 15.2 Å². The summed E-state index contributed by atoms with van der Waals surface area (Å²) in [4.78, 5) is 0. The zero-order valence-electron chi connectivity index (χ0n) is 7.26. The fraction of sp³-hybridized carbons (Fsp3) is 1.00. The largest absolute Gasteiger partial charge is 0.462 e. The smallest absolute Gasteiger partial charge is 0.427 e. The first-order chi connectivity index (χ1) is 6.49. The van der Waals surface area contributed by atoms with E-state index in [1.807, 2.05) is 0 Å². The summed E-state index contributed by atoms with van der Waals surface area (Å²) in [5, 5.41) is 54.1. The molecule has 0 radical (unpaired) electrons. The average molecular weight is 208 g/mol. The normalized spacial score (nSPS) is 43.7. The van der Waals surface area contributed by atoms with Gasteiger partial charge >= 0.3 is 7.12 Å². The number of ether oxygens (including phenoxy) is 1. The van der Waals surface area contributed by atoms with Crippen molar-refractivity contribution in [3.05, 3.63) is 0 Å². The van der Waals surface area contributed by atoms with Gasteiger partial charge in [0.25, 0.3) is 0 Å². The molecule has 0 bridgehead atoms. The second-order valence-corrected chi connectivity index (χ2v) is 3.22. The monoisotopic (exact) mass is 208 g/mol. The van der Waals surface area contributed by atoms with E-state index in [0.29, 0.717) is 0 Å². The molecule has 1 aliphatic rings. The summed E-state index contributed by atoms with van der Waals surface area (Å²) in [5.74, 6) is -1.41. The van der Waals surface area contributed by atoms with E-state index in [1.165, 1.54) is 0 Å². The quantitative estimate of drug-likeness (QED) is 0.257. The van der Waals surface area contributed by atoms with Crippen molar-refractivity contribution in [2.45, 2.75) is 30.4 Å². The third-order valence-corrected chi connectivity index (χ3v) is 2.29. The molecule has 2 unspecified atom stereocenters. The maximum absolute atomic E-state index is 9.36. The lowest BCUT2D eigenvalue weighted by molar-refractivity contribution is -0.242. The highest BCUT2D eigenvalue weighted by Crippen LogP contribution is 2.30. The van der Waals surface area contributed by atoms with E-state index in [2.05, 4.69) is 4.74 Å². The van der Waals surface area contributed by atoms with Gasteiger partial charge in [-0.1, -0.05) is 0 Å². The first kappa shape index (κ1) is 11.9. The Morgan fingerprint density at radius 2 is 1.64 bits per heavy atom. The molecule has 1 saturated heterocycles. The molecule has 0 aromatic carbocycles. The molecule has 0 aromatic rings. The summed E-state index contributed by atoms with van der Waals surface area (Å²) in [7, 11) is -2.01. The zero-order chi connectivity index (χ0) is 10.9. The van der Waals surface area contributed by atoms with Crippen molar-refractivity contribution in [1.29, 1.82) is 0 Å². The van der Waals surface area contributed by atoms with Crippen molar-refractivity contribution in [3.63, 3.8) is 0 Å². The lowest BCUT2D eigenvalue weighted by Crippen LogP contribution is -2.56. The van der Waals surface area contributed by atoms with Gasteiger partial charge < -0.3 is 35.2 Å². The van der Waals surface area contributed by atoms with E-state index in [1.54, 1.807) is 0 Å². The summed E-state index contributed by atoms with van der Waals surface area (Å²) in [6, 6.07) is 0. The van der Waals surface area contributed by atoms with Crippen LogP contribution in [0.4, 0.5) is 0 Å². The number of aliphatic hydroxyl groups is 4. The Balaban J connectivity index is 2.74. The molecule has 82 valence electrons. The van der Waals surface area contributed by atoms with Crippen LogP contribution in [-0.2, 0) is 4.74 Å². The van der Waals surface area contributed by atoms with E-state index >= 15 is 0 Å². The van der Waals surface area contributed by atoms with Gasteiger partial charge in [0.1, 0.15) is 12.2 Å². The van der Waals surface area contributed by atoms with E-state index < -0.39 is 44.1 Å². The van der Waals surface area contributed by atoms with Crippen LogP contribution in [0.3, 0.4) is 0 Å². The molecular formula is C6H13BO7. The van der Waals surface area contributed by atoms with Gasteiger partial charge in [0.15, 0.2) is 6.29 Å². The molecule has 1 rings (SSSR count). The highest BCUT2D eigenvalue weighted by molar-refractivity contribution is 6.43. The molecular weight excluding hydrogens is 195 g/mol. The number of hydrogen-bond donors (Lipinski definition) is 6. The Morgan fingerprint density at radius 1 is 1.07 bits per heavy atom. The number of hydrogen-bond acceptors (Lipinski definition) is 7. The Morgan fingerprint density at radius 3 is 2.07 bits per heavy atom. The van der Waals surface area contributed by atoms with E-state index in [0.717, 1.165) is 0 Å². The molecule has 0 aliphatic carbocycles. The molecule has 1 fully saturated rings. The lowest BCUT2D eigenvalue weighted by Gasteiger charge is -2.39. The van der Waals surface area contributed by atoms with Crippen LogP contribution in [0.25, 0.3) is 0 Å². The minimum absolute atomic E-state index is 0.580. The molecule has 6 N–H and O–H groups in total. The van der Waals surface area contributed by atoms with Crippen LogP contribution in [0.5, 0.6) is 0 Å². The molecule has 1 heterocycles. The summed E-state index contributed by atoms with van der Waals surface area (Å²) in [5.41, 5.74) is 0. The van der Waals surface area contributed by atoms with Crippen LogP contribution >= 0.6 is 0 Å². The van der Waals surface area contributed by atoms with Crippen LogP contribution in [0.1, 0.15) is 0 Å². The molecule has 14 heavy (non-hydrogen) atoms. The predicted octanol–water partition coefficient (Wildman–Crippen LogP) is -3.74. The number of rotatable bonds is 2. The summed E-state index contributed by atoms with van der Waals surface area (Å²) >= 11 is 0. The molecule has 7 nitrogen and oxygen atoms in total. The van der Waals surface area contributed by atoms with Gasteiger partial charge in [0, 0.05) is 0 Å². The molecule has 8 heteroatoms. The van der Waals surface area contributed by atoms with Gasteiger partial charge in [-0.25, -0.2) is 0 Å². The van der Waals surface area contributed by atoms with Gasteiger partial charge in [-0.05, 0) is 0 Å². The van der Waals surface area contributed by atoms with Crippen LogP contribution in [-0.4, -0.2) is 68.8 Å². The standard InChI is InChI=1S/C6H13BO7/c8-1-2-4(9)5(10)3(7(12)13)6(11)14-2/h2-6,8-13H,1H2/t2?,3?,4-,5-,6+/m1/s1. The maximum atomic E-state index is 9.36. The summed E-state index contributed by atoms with van der Waals surface area (Å²) in [6.07, 6.45) is -5.79. The summed E-state index contributed by atoms with van der Waals surface area (Å²) < 4.78 is 4.67. The fourth-order valence-electron chi connectivity index (χ4n) is 1.44. The highest BCUT2D eigenvalue weighted by atomic mass is 16.6. The van der Waals surface area contributed by atoms with Crippen molar-refractivity contribution in [1.82, 2.24) is 0 Å².